The van der Waals surface area contributed by atoms with E-state index in [9.17, 15) is 9.18 Å². The first kappa shape index (κ1) is 13.1. The monoisotopic (exact) mass is 249 g/mol. The molecule has 98 valence electrons. The summed E-state index contributed by atoms with van der Waals surface area (Å²) in [5.41, 5.74) is 2.03. The van der Waals surface area contributed by atoms with Gasteiger partial charge in [-0.3, -0.25) is 4.79 Å². The van der Waals surface area contributed by atoms with Gasteiger partial charge < -0.3 is 5.32 Å². The number of carbonyl (C=O) groups excluding carboxylic acids is 1. The zero-order valence-electron chi connectivity index (χ0n) is 11.2. The van der Waals surface area contributed by atoms with Gasteiger partial charge in [0, 0.05) is 18.4 Å². The summed E-state index contributed by atoms with van der Waals surface area (Å²) in [6.07, 6.45) is 1.41. The second-order valence-corrected chi connectivity index (χ2v) is 5.62. The fraction of sp³-hybridized carbons (Fsp3) is 0.533. The van der Waals surface area contributed by atoms with Crippen LogP contribution in [-0.2, 0) is 4.79 Å². The molecule has 0 aromatic heterocycles. The lowest BCUT2D eigenvalue weighted by Gasteiger charge is -2.22. The van der Waals surface area contributed by atoms with Crippen LogP contribution in [0.1, 0.15) is 43.7 Å². The summed E-state index contributed by atoms with van der Waals surface area (Å²) in [5.74, 6) is 0.480. The van der Waals surface area contributed by atoms with Crippen LogP contribution in [0.15, 0.2) is 18.2 Å². The second kappa shape index (κ2) is 5.09. The van der Waals surface area contributed by atoms with Crippen molar-refractivity contribution in [3.05, 3.63) is 35.1 Å². The Morgan fingerprint density at radius 3 is 2.83 bits per heavy atom. The van der Waals surface area contributed by atoms with Crippen LogP contribution in [0.4, 0.5) is 4.39 Å². The maximum atomic E-state index is 13.4. The number of aryl methyl sites for hydroxylation is 1. The molecule has 2 atom stereocenters. The summed E-state index contributed by atoms with van der Waals surface area (Å²) in [6.45, 7) is 6.25. The Labute approximate surface area is 108 Å². The average Bonchev–Trinajstić information content (AvgIpc) is 2.62. The van der Waals surface area contributed by atoms with Crippen molar-refractivity contribution in [3.8, 4) is 0 Å². The summed E-state index contributed by atoms with van der Waals surface area (Å²) in [4.78, 5) is 11.6. The Kier molecular flexibility index (Phi) is 3.69. The Hall–Kier alpha value is -1.38. The quantitative estimate of drug-likeness (QED) is 0.876. The highest BCUT2D eigenvalue weighted by Gasteiger charge is 2.34. The number of hydrogen-bond donors (Lipinski definition) is 1. The van der Waals surface area contributed by atoms with Crippen LogP contribution in [0.2, 0.25) is 0 Å². The van der Waals surface area contributed by atoms with Gasteiger partial charge in [0.15, 0.2) is 0 Å². The molecule has 1 aromatic rings. The van der Waals surface area contributed by atoms with Crippen molar-refractivity contribution in [1.82, 2.24) is 5.32 Å². The number of halogens is 1. The lowest BCUT2D eigenvalue weighted by atomic mass is 9.85. The average molecular weight is 249 g/mol. The number of hydrogen-bond acceptors (Lipinski definition) is 1. The standard InChI is InChI=1S/C15H20FNO/c1-9(2)6-14-13(8-15(18)17-14)12-7-11(16)5-4-10(12)3/h4-5,7,9,13-14H,6,8H2,1-3H3,(H,17,18). The highest BCUT2D eigenvalue weighted by Crippen LogP contribution is 2.33. The summed E-state index contributed by atoms with van der Waals surface area (Å²) in [6, 6.07) is 4.98. The summed E-state index contributed by atoms with van der Waals surface area (Å²) in [7, 11) is 0. The number of rotatable bonds is 3. The van der Waals surface area contributed by atoms with Crippen molar-refractivity contribution in [2.24, 2.45) is 5.92 Å². The number of carbonyl (C=O) groups is 1. The third-order valence-electron chi connectivity index (χ3n) is 3.60. The van der Waals surface area contributed by atoms with E-state index < -0.39 is 0 Å². The molecule has 1 amide bonds. The van der Waals surface area contributed by atoms with E-state index in [0.29, 0.717) is 12.3 Å². The smallest absolute Gasteiger partial charge is 0.220 e. The molecule has 0 aliphatic carbocycles. The van der Waals surface area contributed by atoms with Gasteiger partial charge in [-0.1, -0.05) is 19.9 Å². The highest BCUT2D eigenvalue weighted by atomic mass is 19.1. The minimum absolute atomic E-state index is 0.0781. The molecule has 0 bridgehead atoms. The molecule has 2 nitrogen and oxygen atoms in total. The molecule has 0 radical (unpaired) electrons. The number of amides is 1. The van der Waals surface area contributed by atoms with Crippen molar-refractivity contribution in [1.29, 1.82) is 0 Å². The molecule has 0 saturated carbocycles. The van der Waals surface area contributed by atoms with Crippen molar-refractivity contribution in [2.45, 2.75) is 45.6 Å². The van der Waals surface area contributed by atoms with E-state index in [4.69, 9.17) is 0 Å². The second-order valence-electron chi connectivity index (χ2n) is 5.62. The minimum Gasteiger partial charge on any atom is -0.353 e. The molecule has 1 aliphatic heterocycles. The van der Waals surface area contributed by atoms with Crippen molar-refractivity contribution >= 4 is 5.91 Å². The fourth-order valence-corrected chi connectivity index (χ4v) is 2.78. The Balaban J connectivity index is 2.29. The molecular formula is C15H20FNO. The van der Waals surface area contributed by atoms with Gasteiger partial charge in [0.25, 0.3) is 0 Å². The van der Waals surface area contributed by atoms with E-state index in [2.05, 4.69) is 19.2 Å². The van der Waals surface area contributed by atoms with Crippen LogP contribution in [0, 0.1) is 18.7 Å². The predicted octanol–water partition coefficient (Wildman–Crippen LogP) is 3.15. The summed E-state index contributed by atoms with van der Waals surface area (Å²) >= 11 is 0. The molecule has 1 aliphatic rings. The Morgan fingerprint density at radius 1 is 1.44 bits per heavy atom. The molecular weight excluding hydrogens is 229 g/mol. The largest absolute Gasteiger partial charge is 0.353 e. The summed E-state index contributed by atoms with van der Waals surface area (Å²) in [5, 5.41) is 3.02. The first-order valence-corrected chi connectivity index (χ1v) is 6.52. The van der Waals surface area contributed by atoms with Crippen LogP contribution in [0.5, 0.6) is 0 Å². The topological polar surface area (TPSA) is 29.1 Å². The lowest BCUT2D eigenvalue weighted by molar-refractivity contribution is -0.119. The normalized spacial score (nSPS) is 23.5. The molecule has 1 heterocycles. The van der Waals surface area contributed by atoms with Crippen LogP contribution in [-0.4, -0.2) is 11.9 Å². The van der Waals surface area contributed by atoms with Gasteiger partial charge in [0.2, 0.25) is 5.91 Å². The predicted molar refractivity (Wildman–Crippen MR) is 69.9 cm³/mol. The molecule has 1 aromatic carbocycles. The van der Waals surface area contributed by atoms with Crippen molar-refractivity contribution < 1.29 is 9.18 Å². The van der Waals surface area contributed by atoms with Gasteiger partial charge in [-0.2, -0.15) is 0 Å². The van der Waals surface area contributed by atoms with Crippen molar-refractivity contribution in [2.75, 3.05) is 0 Å². The van der Waals surface area contributed by atoms with Crippen LogP contribution in [0.25, 0.3) is 0 Å². The maximum Gasteiger partial charge on any atom is 0.220 e. The van der Waals surface area contributed by atoms with E-state index in [1.807, 2.05) is 6.92 Å². The number of benzene rings is 1. The van der Waals surface area contributed by atoms with E-state index in [1.54, 1.807) is 12.1 Å². The molecule has 1 fully saturated rings. The van der Waals surface area contributed by atoms with Gasteiger partial charge in [-0.05, 0) is 42.5 Å². The van der Waals surface area contributed by atoms with Crippen LogP contribution < -0.4 is 5.32 Å². The van der Waals surface area contributed by atoms with Crippen molar-refractivity contribution in [3.63, 3.8) is 0 Å². The molecule has 3 heteroatoms. The minimum atomic E-state index is -0.224. The van der Waals surface area contributed by atoms with Gasteiger partial charge in [-0.25, -0.2) is 4.39 Å². The van der Waals surface area contributed by atoms with Gasteiger partial charge in [-0.15, -0.1) is 0 Å². The number of nitrogens with one attached hydrogen (secondary N) is 1. The third-order valence-corrected chi connectivity index (χ3v) is 3.60. The third kappa shape index (κ3) is 2.71. The zero-order chi connectivity index (χ0) is 13.3. The van der Waals surface area contributed by atoms with E-state index in [1.165, 1.54) is 6.07 Å². The van der Waals surface area contributed by atoms with E-state index >= 15 is 0 Å². The molecule has 0 spiro atoms. The van der Waals surface area contributed by atoms with Gasteiger partial charge in [0.05, 0.1) is 0 Å². The first-order valence-electron chi connectivity index (χ1n) is 6.52. The Morgan fingerprint density at radius 2 is 2.17 bits per heavy atom. The first-order chi connectivity index (χ1) is 8.47. The SMILES string of the molecule is Cc1ccc(F)cc1C1CC(=O)NC1CC(C)C. The van der Waals surface area contributed by atoms with Crippen LogP contribution >= 0.6 is 0 Å². The molecule has 2 rings (SSSR count). The van der Waals surface area contributed by atoms with Gasteiger partial charge in [0.1, 0.15) is 5.82 Å². The molecule has 1 N–H and O–H groups in total. The summed E-state index contributed by atoms with van der Waals surface area (Å²) < 4.78 is 13.4. The van der Waals surface area contributed by atoms with E-state index in [-0.39, 0.29) is 23.7 Å². The zero-order valence-corrected chi connectivity index (χ0v) is 11.2. The maximum absolute atomic E-state index is 13.4. The van der Waals surface area contributed by atoms with Crippen LogP contribution in [0.3, 0.4) is 0 Å². The molecule has 18 heavy (non-hydrogen) atoms. The Bertz CT molecular complexity index is 456. The highest BCUT2D eigenvalue weighted by molar-refractivity contribution is 5.80. The molecule has 1 saturated heterocycles. The fourth-order valence-electron chi connectivity index (χ4n) is 2.78. The van der Waals surface area contributed by atoms with E-state index in [0.717, 1.165) is 17.5 Å². The lowest BCUT2D eigenvalue weighted by Crippen LogP contribution is -2.29. The van der Waals surface area contributed by atoms with Gasteiger partial charge >= 0.3 is 0 Å². The molecule has 2 unspecified atom stereocenters.